The van der Waals surface area contributed by atoms with Crippen LogP contribution in [0.5, 0.6) is 0 Å². The summed E-state index contributed by atoms with van der Waals surface area (Å²) in [6.07, 6.45) is 5.36. The standard InChI is InChI=1S/C19H24N6O3/c26-18(22-6-1-9-25-10-12-28-13-11-25)15-2-4-16(5-3-15)23-19(27)24-17-14-20-7-8-21-17/h2-5,7-8,14H,1,6,9-13H2,(H,22,26)(H2,21,23,24,27). The summed E-state index contributed by atoms with van der Waals surface area (Å²) in [4.78, 5) is 34.3. The van der Waals surface area contributed by atoms with E-state index in [0.717, 1.165) is 39.3 Å². The summed E-state index contributed by atoms with van der Waals surface area (Å²) in [6.45, 7) is 5.04. The smallest absolute Gasteiger partial charge is 0.324 e. The first kappa shape index (κ1) is 19.7. The number of anilines is 2. The molecule has 148 valence electrons. The largest absolute Gasteiger partial charge is 0.379 e. The quantitative estimate of drug-likeness (QED) is 0.626. The molecular weight excluding hydrogens is 360 g/mol. The summed E-state index contributed by atoms with van der Waals surface area (Å²) in [5.74, 6) is 0.227. The van der Waals surface area contributed by atoms with Gasteiger partial charge in [-0.15, -0.1) is 0 Å². The minimum absolute atomic E-state index is 0.127. The number of ether oxygens (including phenoxy) is 1. The first-order valence-corrected chi connectivity index (χ1v) is 9.23. The highest BCUT2D eigenvalue weighted by Crippen LogP contribution is 2.10. The highest BCUT2D eigenvalue weighted by molar-refractivity contribution is 5.99. The number of morpholine rings is 1. The third kappa shape index (κ3) is 6.29. The fraction of sp³-hybridized carbons (Fsp3) is 0.368. The third-order valence-electron chi connectivity index (χ3n) is 4.25. The fourth-order valence-corrected chi connectivity index (χ4v) is 2.78. The van der Waals surface area contributed by atoms with Gasteiger partial charge in [-0.25, -0.2) is 9.78 Å². The minimum Gasteiger partial charge on any atom is -0.379 e. The van der Waals surface area contributed by atoms with Crippen LogP contribution in [0.1, 0.15) is 16.8 Å². The molecule has 0 saturated carbocycles. The summed E-state index contributed by atoms with van der Waals surface area (Å²) in [6, 6.07) is 6.28. The lowest BCUT2D eigenvalue weighted by atomic mass is 10.2. The number of urea groups is 1. The summed E-state index contributed by atoms with van der Waals surface area (Å²) < 4.78 is 5.32. The van der Waals surface area contributed by atoms with E-state index in [2.05, 4.69) is 30.8 Å². The number of nitrogens with one attached hydrogen (secondary N) is 3. The number of benzene rings is 1. The number of aromatic nitrogens is 2. The van der Waals surface area contributed by atoms with Crippen LogP contribution in [-0.4, -0.2) is 66.2 Å². The lowest BCUT2D eigenvalue weighted by Crippen LogP contribution is -2.38. The normalized spacial score (nSPS) is 14.3. The van der Waals surface area contributed by atoms with Crippen LogP contribution in [0.3, 0.4) is 0 Å². The lowest BCUT2D eigenvalue weighted by molar-refractivity contribution is 0.0374. The zero-order chi connectivity index (χ0) is 19.6. The Bertz CT molecular complexity index is 763. The molecule has 0 bridgehead atoms. The van der Waals surface area contributed by atoms with Gasteiger partial charge in [-0.2, -0.15) is 0 Å². The number of nitrogens with zero attached hydrogens (tertiary/aromatic N) is 3. The topological polar surface area (TPSA) is 108 Å². The highest BCUT2D eigenvalue weighted by atomic mass is 16.5. The Balaban J connectivity index is 1.39. The van der Waals surface area contributed by atoms with Crippen molar-refractivity contribution in [1.82, 2.24) is 20.2 Å². The predicted molar refractivity (Wildman–Crippen MR) is 105 cm³/mol. The van der Waals surface area contributed by atoms with E-state index in [0.29, 0.717) is 23.6 Å². The molecule has 2 aromatic rings. The molecule has 0 spiro atoms. The minimum atomic E-state index is -0.430. The molecule has 1 saturated heterocycles. The lowest BCUT2D eigenvalue weighted by Gasteiger charge is -2.26. The average Bonchev–Trinajstić information content (AvgIpc) is 2.73. The van der Waals surface area contributed by atoms with Crippen LogP contribution in [0.4, 0.5) is 16.3 Å². The van der Waals surface area contributed by atoms with Crippen molar-refractivity contribution >= 4 is 23.4 Å². The molecule has 9 heteroatoms. The highest BCUT2D eigenvalue weighted by Gasteiger charge is 2.10. The summed E-state index contributed by atoms with van der Waals surface area (Å²) >= 11 is 0. The van der Waals surface area contributed by atoms with E-state index in [4.69, 9.17) is 4.74 Å². The second-order valence-corrected chi connectivity index (χ2v) is 6.31. The molecule has 9 nitrogen and oxygen atoms in total. The van der Waals surface area contributed by atoms with Crippen molar-refractivity contribution in [2.75, 3.05) is 50.0 Å². The van der Waals surface area contributed by atoms with Crippen LogP contribution < -0.4 is 16.0 Å². The number of carbonyl (C=O) groups is 2. The van der Waals surface area contributed by atoms with Gasteiger partial charge in [0.15, 0.2) is 5.82 Å². The molecule has 3 N–H and O–H groups in total. The van der Waals surface area contributed by atoms with Crippen LogP contribution in [0.25, 0.3) is 0 Å². The van der Waals surface area contributed by atoms with Crippen LogP contribution in [0.2, 0.25) is 0 Å². The molecule has 1 aliphatic rings. The van der Waals surface area contributed by atoms with Gasteiger partial charge in [0.2, 0.25) is 0 Å². The summed E-state index contributed by atoms with van der Waals surface area (Å²) in [5.41, 5.74) is 1.12. The molecule has 1 aromatic carbocycles. The van der Waals surface area contributed by atoms with Crippen molar-refractivity contribution in [2.45, 2.75) is 6.42 Å². The molecular formula is C19H24N6O3. The van der Waals surface area contributed by atoms with E-state index in [-0.39, 0.29) is 5.91 Å². The molecule has 0 atom stereocenters. The van der Waals surface area contributed by atoms with Crippen LogP contribution in [-0.2, 0) is 4.74 Å². The zero-order valence-corrected chi connectivity index (χ0v) is 15.6. The van der Waals surface area contributed by atoms with Crippen molar-refractivity contribution < 1.29 is 14.3 Å². The molecule has 2 heterocycles. The number of carbonyl (C=O) groups excluding carboxylic acids is 2. The first-order valence-electron chi connectivity index (χ1n) is 9.23. The molecule has 0 unspecified atom stereocenters. The predicted octanol–water partition coefficient (Wildman–Crippen LogP) is 1.57. The van der Waals surface area contributed by atoms with Gasteiger partial charge in [-0.05, 0) is 37.2 Å². The zero-order valence-electron chi connectivity index (χ0n) is 15.6. The van der Waals surface area contributed by atoms with E-state index in [1.807, 2.05) is 0 Å². The van der Waals surface area contributed by atoms with Gasteiger partial charge in [0.1, 0.15) is 0 Å². The van der Waals surface area contributed by atoms with Gasteiger partial charge in [0.05, 0.1) is 19.4 Å². The second kappa shape index (κ2) is 10.3. The Morgan fingerprint density at radius 1 is 1.07 bits per heavy atom. The van der Waals surface area contributed by atoms with Crippen molar-refractivity contribution in [2.24, 2.45) is 0 Å². The van der Waals surface area contributed by atoms with E-state index in [1.54, 1.807) is 24.3 Å². The van der Waals surface area contributed by atoms with Gasteiger partial charge < -0.3 is 15.4 Å². The van der Waals surface area contributed by atoms with Crippen LogP contribution in [0.15, 0.2) is 42.9 Å². The van der Waals surface area contributed by atoms with Crippen molar-refractivity contribution in [3.05, 3.63) is 48.4 Å². The van der Waals surface area contributed by atoms with E-state index < -0.39 is 6.03 Å². The molecule has 0 radical (unpaired) electrons. The number of amides is 3. The Hall–Kier alpha value is -3.04. The molecule has 3 rings (SSSR count). The summed E-state index contributed by atoms with van der Waals surface area (Å²) in [5, 5.41) is 8.17. The van der Waals surface area contributed by atoms with Gasteiger partial charge in [0, 0.05) is 43.3 Å². The maximum atomic E-state index is 12.2. The number of hydrogen-bond acceptors (Lipinski definition) is 6. The van der Waals surface area contributed by atoms with Crippen molar-refractivity contribution in [3.8, 4) is 0 Å². The molecule has 1 aromatic heterocycles. The SMILES string of the molecule is O=C(Nc1ccc(C(=O)NCCCN2CCOCC2)cc1)Nc1cnccn1. The van der Waals surface area contributed by atoms with E-state index in [1.165, 1.54) is 18.6 Å². The molecule has 1 aliphatic heterocycles. The average molecular weight is 384 g/mol. The van der Waals surface area contributed by atoms with Gasteiger partial charge >= 0.3 is 6.03 Å². The van der Waals surface area contributed by atoms with Gasteiger partial charge in [-0.3, -0.25) is 20.0 Å². The van der Waals surface area contributed by atoms with Crippen molar-refractivity contribution in [1.29, 1.82) is 0 Å². The second-order valence-electron chi connectivity index (χ2n) is 6.31. The third-order valence-corrected chi connectivity index (χ3v) is 4.25. The Labute approximate surface area is 163 Å². The monoisotopic (exact) mass is 384 g/mol. The Morgan fingerprint density at radius 3 is 2.57 bits per heavy atom. The number of hydrogen-bond donors (Lipinski definition) is 3. The first-order chi connectivity index (χ1) is 13.7. The Kier molecular flexibility index (Phi) is 7.28. The fourth-order valence-electron chi connectivity index (χ4n) is 2.78. The van der Waals surface area contributed by atoms with Gasteiger partial charge in [-0.1, -0.05) is 0 Å². The maximum absolute atomic E-state index is 12.2. The summed E-state index contributed by atoms with van der Waals surface area (Å²) in [7, 11) is 0. The number of rotatable bonds is 7. The Morgan fingerprint density at radius 2 is 1.86 bits per heavy atom. The molecule has 3 amide bonds. The van der Waals surface area contributed by atoms with Crippen LogP contribution >= 0.6 is 0 Å². The van der Waals surface area contributed by atoms with E-state index >= 15 is 0 Å². The molecule has 1 fully saturated rings. The van der Waals surface area contributed by atoms with E-state index in [9.17, 15) is 9.59 Å². The molecule has 28 heavy (non-hydrogen) atoms. The maximum Gasteiger partial charge on any atom is 0.324 e. The van der Waals surface area contributed by atoms with Crippen LogP contribution in [0, 0.1) is 0 Å². The van der Waals surface area contributed by atoms with Gasteiger partial charge in [0.25, 0.3) is 5.91 Å². The molecule has 0 aliphatic carbocycles. The van der Waals surface area contributed by atoms with Crippen molar-refractivity contribution in [3.63, 3.8) is 0 Å².